The van der Waals surface area contributed by atoms with Crippen molar-refractivity contribution < 1.29 is 22.5 Å². The number of nitro groups is 1. The molecule has 1 aliphatic carbocycles. The predicted molar refractivity (Wildman–Crippen MR) is 73.5 cm³/mol. The molecule has 1 aromatic carbocycles. The third-order valence-electron chi connectivity index (χ3n) is 2.95. The van der Waals surface area contributed by atoms with Gasteiger partial charge in [0.05, 0.1) is 11.0 Å². The maximum absolute atomic E-state index is 14.0. The summed E-state index contributed by atoms with van der Waals surface area (Å²) >= 11 is 0. The number of hydrogen-bond acceptors (Lipinski definition) is 5. The summed E-state index contributed by atoms with van der Waals surface area (Å²) in [5.41, 5.74) is -0.710. The molecule has 0 radical (unpaired) electrons. The van der Waals surface area contributed by atoms with E-state index in [1.54, 1.807) is 6.08 Å². The highest BCUT2D eigenvalue weighted by atomic mass is 35.7. The first-order valence-corrected chi connectivity index (χ1v) is 8.36. The molecule has 0 aromatic heterocycles. The van der Waals surface area contributed by atoms with E-state index < -0.39 is 42.2 Å². The van der Waals surface area contributed by atoms with Crippen LogP contribution in [0.2, 0.25) is 0 Å². The molecular formula is C12H11ClFNO5S. The summed E-state index contributed by atoms with van der Waals surface area (Å²) in [4.78, 5) is 9.04. The highest BCUT2D eigenvalue weighted by Crippen LogP contribution is 2.35. The first-order valence-electron chi connectivity index (χ1n) is 6.05. The Morgan fingerprint density at radius 2 is 2.14 bits per heavy atom. The second-order valence-electron chi connectivity index (χ2n) is 4.47. The Morgan fingerprint density at radius 3 is 2.67 bits per heavy atom. The van der Waals surface area contributed by atoms with Gasteiger partial charge < -0.3 is 4.74 Å². The van der Waals surface area contributed by atoms with Gasteiger partial charge >= 0.3 is 0 Å². The molecule has 114 valence electrons. The maximum atomic E-state index is 14.0. The van der Waals surface area contributed by atoms with Crippen LogP contribution in [-0.2, 0) is 9.05 Å². The van der Waals surface area contributed by atoms with Crippen molar-refractivity contribution in [1.29, 1.82) is 0 Å². The van der Waals surface area contributed by atoms with Gasteiger partial charge in [0, 0.05) is 16.7 Å². The molecule has 1 aromatic rings. The van der Waals surface area contributed by atoms with Crippen molar-refractivity contribution in [3.63, 3.8) is 0 Å². The molecule has 0 aliphatic heterocycles. The molecule has 0 N–H and O–H groups in total. The van der Waals surface area contributed by atoms with Gasteiger partial charge in [-0.25, -0.2) is 12.8 Å². The largest absolute Gasteiger partial charge is 0.482 e. The lowest BCUT2D eigenvalue weighted by Crippen LogP contribution is -2.18. The molecule has 0 bridgehead atoms. The molecule has 0 saturated carbocycles. The molecule has 0 saturated heterocycles. The zero-order chi connectivity index (χ0) is 15.6. The fraction of sp³-hybridized carbons (Fsp3) is 0.333. The van der Waals surface area contributed by atoms with Gasteiger partial charge in [0.1, 0.15) is 11.0 Å². The lowest BCUT2D eigenvalue weighted by Gasteiger charge is -2.20. The summed E-state index contributed by atoms with van der Waals surface area (Å²) in [6, 6.07) is 1.29. The lowest BCUT2D eigenvalue weighted by atomic mass is 10.1. The van der Waals surface area contributed by atoms with Crippen LogP contribution >= 0.6 is 10.7 Å². The predicted octanol–water partition coefficient (Wildman–Crippen LogP) is 3.15. The van der Waals surface area contributed by atoms with E-state index in [2.05, 4.69) is 0 Å². The zero-order valence-electron chi connectivity index (χ0n) is 10.7. The summed E-state index contributed by atoms with van der Waals surface area (Å²) in [6.45, 7) is 0. The number of non-ortho nitro benzene ring substituents is 1. The van der Waals surface area contributed by atoms with Crippen LogP contribution in [0.4, 0.5) is 10.1 Å². The monoisotopic (exact) mass is 335 g/mol. The van der Waals surface area contributed by atoms with E-state index in [9.17, 15) is 22.9 Å². The van der Waals surface area contributed by atoms with E-state index in [1.807, 2.05) is 6.08 Å². The maximum Gasteiger partial charge on any atom is 0.273 e. The van der Waals surface area contributed by atoms with Crippen molar-refractivity contribution in [2.45, 2.75) is 30.3 Å². The average molecular weight is 336 g/mol. The zero-order valence-corrected chi connectivity index (χ0v) is 12.2. The average Bonchev–Trinajstić information content (AvgIpc) is 2.40. The second kappa shape index (κ2) is 5.98. The van der Waals surface area contributed by atoms with Crippen molar-refractivity contribution in [2.24, 2.45) is 0 Å². The molecule has 1 aliphatic rings. The standard InChI is InChI=1S/C12H11ClFNO5S/c13-21(18,19)11-7-8(15(16)17)6-10(14)12(11)20-9-4-2-1-3-5-9/h2,4,6-7,9H,1,3,5H2. The van der Waals surface area contributed by atoms with Gasteiger partial charge in [-0.1, -0.05) is 6.08 Å². The Bertz CT molecular complexity index is 704. The Morgan fingerprint density at radius 1 is 1.43 bits per heavy atom. The molecule has 1 unspecified atom stereocenters. The highest BCUT2D eigenvalue weighted by molar-refractivity contribution is 8.13. The first-order chi connectivity index (χ1) is 9.79. The molecule has 0 amide bonds. The Balaban J connectivity index is 2.50. The molecule has 0 heterocycles. The Kier molecular flexibility index (Phi) is 4.48. The number of rotatable bonds is 4. The summed E-state index contributed by atoms with van der Waals surface area (Å²) < 4.78 is 42.3. The summed E-state index contributed by atoms with van der Waals surface area (Å²) in [5, 5.41) is 10.7. The molecule has 9 heteroatoms. The molecule has 6 nitrogen and oxygen atoms in total. The van der Waals surface area contributed by atoms with Crippen LogP contribution in [0.15, 0.2) is 29.2 Å². The first kappa shape index (κ1) is 15.7. The van der Waals surface area contributed by atoms with Crippen molar-refractivity contribution >= 4 is 25.4 Å². The van der Waals surface area contributed by atoms with E-state index in [0.717, 1.165) is 12.8 Å². The third kappa shape index (κ3) is 3.70. The van der Waals surface area contributed by atoms with Gasteiger partial charge in [-0.3, -0.25) is 10.1 Å². The van der Waals surface area contributed by atoms with Gasteiger partial charge in [-0.15, -0.1) is 0 Å². The van der Waals surface area contributed by atoms with E-state index >= 15 is 0 Å². The fourth-order valence-electron chi connectivity index (χ4n) is 1.99. The molecule has 0 fully saturated rings. The second-order valence-corrected chi connectivity index (χ2v) is 7.00. The molecule has 2 rings (SSSR count). The SMILES string of the molecule is O=[N+]([O-])c1cc(F)c(OC2C=CCCC2)c(S(=O)(=O)Cl)c1. The van der Waals surface area contributed by atoms with Crippen molar-refractivity contribution in [3.8, 4) is 5.75 Å². The van der Waals surface area contributed by atoms with Crippen LogP contribution < -0.4 is 4.74 Å². The summed E-state index contributed by atoms with van der Waals surface area (Å²) in [5.74, 6) is -1.73. The number of nitrogens with zero attached hydrogens (tertiary/aromatic N) is 1. The van der Waals surface area contributed by atoms with Gasteiger partial charge in [0.2, 0.25) is 0 Å². The molecular weight excluding hydrogens is 325 g/mol. The van der Waals surface area contributed by atoms with Gasteiger partial charge in [-0.2, -0.15) is 0 Å². The number of halogens is 2. The van der Waals surface area contributed by atoms with E-state index in [-0.39, 0.29) is 0 Å². The van der Waals surface area contributed by atoms with Crippen molar-refractivity contribution in [2.75, 3.05) is 0 Å². The van der Waals surface area contributed by atoms with E-state index in [1.165, 1.54) is 0 Å². The van der Waals surface area contributed by atoms with Crippen molar-refractivity contribution in [1.82, 2.24) is 0 Å². The Hall–Kier alpha value is -1.67. The van der Waals surface area contributed by atoms with Crippen LogP contribution in [0.25, 0.3) is 0 Å². The van der Waals surface area contributed by atoms with Gasteiger partial charge in [-0.05, 0) is 25.3 Å². The van der Waals surface area contributed by atoms with Crippen LogP contribution in [0.5, 0.6) is 5.75 Å². The highest BCUT2D eigenvalue weighted by Gasteiger charge is 2.27. The number of ether oxygens (including phenoxy) is 1. The minimum Gasteiger partial charge on any atom is -0.482 e. The van der Waals surface area contributed by atoms with Crippen LogP contribution in [-0.4, -0.2) is 19.4 Å². The summed E-state index contributed by atoms with van der Waals surface area (Å²) in [7, 11) is 0.831. The van der Waals surface area contributed by atoms with Crippen LogP contribution in [0.1, 0.15) is 19.3 Å². The lowest BCUT2D eigenvalue weighted by molar-refractivity contribution is -0.385. The summed E-state index contributed by atoms with van der Waals surface area (Å²) in [6.07, 6.45) is 5.31. The van der Waals surface area contributed by atoms with E-state index in [4.69, 9.17) is 15.4 Å². The minimum atomic E-state index is -4.38. The smallest absolute Gasteiger partial charge is 0.273 e. The van der Waals surface area contributed by atoms with Gasteiger partial charge in [0.25, 0.3) is 14.7 Å². The van der Waals surface area contributed by atoms with Crippen molar-refractivity contribution in [3.05, 3.63) is 40.2 Å². The number of nitro benzene ring substituents is 1. The molecule has 0 spiro atoms. The molecule has 1 atom stereocenters. The Labute approximate surface area is 124 Å². The van der Waals surface area contributed by atoms with Crippen LogP contribution in [0, 0.1) is 15.9 Å². The third-order valence-corrected chi connectivity index (χ3v) is 4.27. The van der Waals surface area contributed by atoms with E-state index in [0.29, 0.717) is 18.6 Å². The number of hydrogen-bond donors (Lipinski definition) is 0. The van der Waals surface area contributed by atoms with Crippen LogP contribution in [0.3, 0.4) is 0 Å². The fourth-order valence-corrected chi connectivity index (χ4v) is 2.96. The quantitative estimate of drug-likeness (QED) is 0.365. The van der Waals surface area contributed by atoms with Gasteiger partial charge in [0.15, 0.2) is 11.6 Å². The minimum absolute atomic E-state index is 0.494. The molecule has 21 heavy (non-hydrogen) atoms. The normalized spacial score (nSPS) is 18.5. The topological polar surface area (TPSA) is 86.5 Å². The number of allylic oxidation sites excluding steroid dienone is 1. The number of benzene rings is 1.